The molecule has 3 amide bonds. The average molecular weight is 444 g/mol. The van der Waals surface area contributed by atoms with Crippen LogP contribution in [-0.4, -0.2) is 54.2 Å². The minimum absolute atomic E-state index is 0.411. The van der Waals surface area contributed by atoms with Crippen LogP contribution >= 0.6 is 0 Å². The molecule has 0 fully saturated rings. The number of unbranched alkanes of at least 4 members (excludes halogenated alkanes) is 2. The monoisotopic (exact) mass is 443 g/mol. The van der Waals surface area contributed by atoms with Gasteiger partial charge in [0.2, 0.25) is 11.8 Å². The lowest BCUT2D eigenvalue weighted by molar-refractivity contribution is -0.146. The molecule has 0 radical (unpaired) electrons. The third kappa shape index (κ3) is 10.5. The van der Waals surface area contributed by atoms with Crippen molar-refractivity contribution in [1.82, 2.24) is 16.0 Å². The first-order chi connectivity index (χ1) is 14.3. The minimum Gasteiger partial charge on any atom is -0.467 e. The Morgan fingerprint density at radius 2 is 1.39 bits per heavy atom. The number of ether oxygens (including phenoxy) is 2. The van der Waals surface area contributed by atoms with Gasteiger partial charge in [0, 0.05) is 0 Å². The molecule has 0 saturated heterocycles. The first-order valence-corrected chi connectivity index (χ1v) is 11.0. The third-order valence-electron chi connectivity index (χ3n) is 4.74. The molecule has 0 aliphatic rings. The first-order valence-electron chi connectivity index (χ1n) is 11.0. The Labute approximate surface area is 186 Å². The molecule has 0 aromatic rings. The number of esters is 1. The van der Waals surface area contributed by atoms with Crippen molar-refractivity contribution >= 4 is 23.9 Å². The second-order valence-electron chi connectivity index (χ2n) is 8.86. The molecule has 0 heterocycles. The molecule has 0 aromatic heterocycles. The zero-order chi connectivity index (χ0) is 24.2. The summed E-state index contributed by atoms with van der Waals surface area (Å²) in [5.41, 5.74) is -1.90. The zero-order valence-electron chi connectivity index (χ0n) is 20.3. The number of alkyl carbamates (subject to hydrolysis) is 1. The molecule has 0 saturated carbocycles. The van der Waals surface area contributed by atoms with Crippen LogP contribution in [0.1, 0.15) is 87.0 Å². The predicted octanol–water partition coefficient (Wildman–Crippen LogP) is 2.81. The summed E-state index contributed by atoms with van der Waals surface area (Å²) in [7, 11) is 1.25. The fourth-order valence-electron chi connectivity index (χ4n) is 2.96. The number of hydrogen-bond donors (Lipinski definition) is 3. The minimum atomic E-state index is -1.20. The quantitative estimate of drug-likeness (QED) is 0.399. The lowest BCUT2D eigenvalue weighted by Crippen LogP contribution is -2.63. The molecule has 180 valence electrons. The van der Waals surface area contributed by atoms with E-state index >= 15 is 0 Å². The number of nitrogens with one attached hydrogen (secondary N) is 3. The van der Waals surface area contributed by atoms with Gasteiger partial charge in [0.05, 0.1) is 7.11 Å². The van der Waals surface area contributed by atoms with Gasteiger partial charge < -0.3 is 25.4 Å². The number of methoxy groups -OCH3 is 1. The standard InChI is InChI=1S/C22H41N3O6/c1-9-11-13-22(14-12-10-2,19(28)23-16(4)18(27)30-8)25-17(26)15(3)24-20(29)31-21(5,6)7/h15-16H,9-14H2,1-8H3,(H,23,28)(H,24,29)(H,25,26)/t15-,16-/m0/s1. The van der Waals surface area contributed by atoms with Gasteiger partial charge in [0.1, 0.15) is 23.2 Å². The van der Waals surface area contributed by atoms with Gasteiger partial charge in [-0.1, -0.05) is 39.5 Å². The highest BCUT2D eigenvalue weighted by Gasteiger charge is 2.41. The van der Waals surface area contributed by atoms with Crippen LogP contribution in [0.2, 0.25) is 0 Å². The molecule has 0 aliphatic carbocycles. The van der Waals surface area contributed by atoms with Crippen LogP contribution in [0.5, 0.6) is 0 Å². The number of carbonyl (C=O) groups excluding carboxylic acids is 4. The number of amides is 3. The summed E-state index contributed by atoms with van der Waals surface area (Å²) in [6, 6.07) is -1.77. The molecule has 0 unspecified atom stereocenters. The summed E-state index contributed by atoms with van der Waals surface area (Å²) in [5.74, 6) is -1.51. The van der Waals surface area contributed by atoms with Gasteiger partial charge in [0.15, 0.2) is 0 Å². The van der Waals surface area contributed by atoms with Gasteiger partial charge in [-0.05, 0) is 47.5 Å². The molecule has 0 spiro atoms. The molecule has 9 nitrogen and oxygen atoms in total. The highest BCUT2D eigenvalue weighted by atomic mass is 16.6. The Bertz CT molecular complexity index is 607. The van der Waals surface area contributed by atoms with Crippen molar-refractivity contribution in [3.63, 3.8) is 0 Å². The Morgan fingerprint density at radius 3 is 1.81 bits per heavy atom. The van der Waals surface area contributed by atoms with E-state index in [1.165, 1.54) is 21.0 Å². The van der Waals surface area contributed by atoms with E-state index in [-0.39, 0.29) is 0 Å². The molecular weight excluding hydrogens is 402 g/mol. The topological polar surface area (TPSA) is 123 Å². The SMILES string of the molecule is CCCCC(CCCC)(NC(=O)[C@H](C)NC(=O)OC(C)(C)C)C(=O)N[C@@H](C)C(=O)OC. The van der Waals surface area contributed by atoms with E-state index in [0.717, 1.165) is 12.8 Å². The normalized spacial score (nSPS) is 13.5. The van der Waals surface area contributed by atoms with Crippen LogP contribution in [0.4, 0.5) is 4.79 Å². The molecule has 3 N–H and O–H groups in total. The summed E-state index contributed by atoms with van der Waals surface area (Å²) in [6.07, 6.45) is 3.18. The smallest absolute Gasteiger partial charge is 0.408 e. The summed E-state index contributed by atoms with van der Waals surface area (Å²) in [5, 5.41) is 8.02. The molecule has 0 aromatic carbocycles. The fraction of sp³-hybridized carbons (Fsp3) is 0.818. The maximum absolute atomic E-state index is 13.2. The fourth-order valence-corrected chi connectivity index (χ4v) is 2.96. The van der Waals surface area contributed by atoms with E-state index in [4.69, 9.17) is 4.74 Å². The highest BCUT2D eigenvalue weighted by Crippen LogP contribution is 2.23. The van der Waals surface area contributed by atoms with Crippen LogP contribution in [-0.2, 0) is 23.9 Å². The Morgan fingerprint density at radius 1 is 0.871 bits per heavy atom. The van der Waals surface area contributed by atoms with E-state index in [1.807, 2.05) is 13.8 Å². The molecule has 2 atom stereocenters. The second kappa shape index (κ2) is 13.2. The largest absolute Gasteiger partial charge is 0.467 e. The summed E-state index contributed by atoms with van der Waals surface area (Å²) < 4.78 is 9.88. The molecule has 0 rings (SSSR count). The zero-order valence-corrected chi connectivity index (χ0v) is 20.3. The Balaban J connectivity index is 5.59. The third-order valence-corrected chi connectivity index (χ3v) is 4.74. The molecule has 0 bridgehead atoms. The van der Waals surface area contributed by atoms with Crippen molar-refractivity contribution in [2.45, 2.75) is 110 Å². The van der Waals surface area contributed by atoms with Crippen molar-refractivity contribution in [2.24, 2.45) is 0 Å². The molecular formula is C22H41N3O6. The van der Waals surface area contributed by atoms with E-state index < -0.39 is 47.1 Å². The van der Waals surface area contributed by atoms with Gasteiger partial charge in [-0.3, -0.25) is 9.59 Å². The number of carbonyl (C=O) groups is 4. The van der Waals surface area contributed by atoms with Crippen molar-refractivity contribution in [3.8, 4) is 0 Å². The van der Waals surface area contributed by atoms with Crippen LogP contribution in [0, 0.1) is 0 Å². The lowest BCUT2D eigenvalue weighted by Gasteiger charge is -2.35. The summed E-state index contributed by atoms with van der Waals surface area (Å²) >= 11 is 0. The van der Waals surface area contributed by atoms with Gasteiger partial charge >= 0.3 is 12.1 Å². The maximum Gasteiger partial charge on any atom is 0.408 e. The summed E-state index contributed by atoms with van der Waals surface area (Å²) in [4.78, 5) is 50.0. The molecule has 9 heteroatoms. The lowest BCUT2D eigenvalue weighted by atomic mass is 9.85. The molecule has 0 aliphatic heterocycles. The van der Waals surface area contributed by atoms with Crippen molar-refractivity contribution < 1.29 is 28.7 Å². The Hall–Kier alpha value is -2.32. The van der Waals surface area contributed by atoms with Crippen molar-refractivity contribution in [3.05, 3.63) is 0 Å². The second-order valence-corrected chi connectivity index (χ2v) is 8.86. The van der Waals surface area contributed by atoms with E-state index in [0.29, 0.717) is 25.7 Å². The number of hydrogen-bond acceptors (Lipinski definition) is 6. The van der Waals surface area contributed by atoms with E-state index in [2.05, 4.69) is 20.7 Å². The average Bonchev–Trinajstić information content (AvgIpc) is 2.67. The van der Waals surface area contributed by atoms with Gasteiger partial charge in [0.25, 0.3) is 0 Å². The maximum atomic E-state index is 13.2. The van der Waals surface area contributed by atoms with E-state index in [1.54, 1.807) is 20.8 Å². The predicted molar refractivity (Wildman–Crippen MR) is 118 cm³/mol. The van der Waals surface area contributed by atoms with Crippen LogP contribution < -0.4 is 16.0 Å². The van der Waals surface area contributed by atoms with Crippen molar-refractivity contribution in [1.29, 1.82) is 0 Å². The molecule has 31 heavy (non-hydrogen) atoms. The van der Waals surface area contributed by atoms with E-state index in [9.17, 15) is 19.2 Å². The highest BCUT2D eigenvalue weighted by molar-refractivity contribution is 5.95. The van der Waals surface area contributed by atoms with Crippen LogP contribution in [0.3, 0.4) is 0 Å². The Kier molecular flexibility index (Phi) is 12.2. The van der Waals surface area contributed by atoms with Gasteiger partial charge in [-0.15, -0.1) is 0 Å². The summed E-state index contributed by atoms with van der Waals surface area (Å²) in [6.45, 7) is 12.2. The van der Waals surface area contributed by atoms with Crippen LogP contribution in [0.25, 0.3) is 0 Å². The van der Waals surface area contributed by atoms with Crippen molar-refractivity contribution in [2.75, 3.05) is 7.11 Å². The van der Waals surface area contributed by atoms with Gasteiger partial charge in [-0.25, -0.2) is 9.59 Å². The number of rotatable bonds is 12. The van der Waals surface area contributed by atoms with Crippen LogP contribution in [0.15, 0.2) is 0 Å². The van der Waals surface area contributed by atoms with Gasteiger partial charge in [-0.2, -0.15) is 0 Å². The first kappa shape index (κ1) is 28.7.